The van der Waals surface area contributed by atoms with Gasteiger partial charge in [-0.3, -0.25) is 14.3 Å². The van der Waals surface area contributed by atoms with Crippen LogP contribution in [0.5, 0.6) is 5.88 Å². The molecule has 150 valence electrons. The van der Waals surface area contributed by atoms with Crippen LogP contribution in [-0.4, -0.2) is 58.6 Å². The maximum atomic E-state index is 13.0. The van der Waals surface area contributed by atoms with Gasteiger partial charge in [0.05, 0.1) is 12.2 Å². The number of piperazine rings is 1. The van der Waals surface area contributed by atoms with Crippen molar-refractivity contribution in [2.45, 2.75) is 6.67 Å². The first kappa shape index (κ1) is 19.2. The van der Waals surface area contributed by atoms with E-state index in [-0.39, 0.29) is 17.1 Å². The molecular weight excluding hydrogens is 373 g/mol. The molecule has 1 aliphatic heterocycles. The van der Waals surface area contributed by atoms with E-state index in [0.717, 1.165) is 37.1 Å². The molecule has 1 aromatic heterocycles. The second kappa shape index (κ2) is 8.10. The van der Waals surface area contributed by atoms with Crippen LogP contribution in [0.1, 0.15) is 10.4 Å². The lowest BCUT2D eigenvalue weighted by atomic mass is 10.2. The fraction of sp³-hybridized carbons (Fsp3) is 0.286. The Morgan fingerprint density at radius 2 is 1.76 bits per heavy atom. The minimum Gasteiger partial charge on any atom is -0.493 e. The van der Waals surface area contributed by atoms with Crippen molar-refractivity contribution in [2.75, 3.05) is 33.2 Å². The van der Waals surface area contributed by atoms with Gasteiger partial charge in [-0.2, -0.15) is 0 Å². The van der Waals surface area contributed by atoms with Gasteiger partial charge in [0.2, 0.25) is 5.88 Å². The minimum atomic E-state index is -0.597. The molecule has 7 nitrogen and oxygen atoms in total. The summed E-state index contributed by atoms with van der Waals surface area (Å²) in [6, 6.07) is 12.6. The highest BCUT2D eigenvalue weighted by Crippen LogP contribution is 2.39. The monoisotopic (exact) mass is 395 g/mol. The van der Waals surface area contributed by atoms with Crippen molar-refractivity contribution < 1.29 is 14.3 Å². The van der Waals surface area contributed by atoms with Crippen molar-refractivity contribution >= 4 is 22.5 Å². The normalized spacial score (nSPS) is 16.1. The van der Waals surface area contributed by atoms with Crippen LogP contribution in [0, 0.1) is 5.82 Å². The molecule has 29 heavy (non-hydrogen) atoms. The molecule has 0 atom stereocenters. The van der Waals surface area contributed by atoms with Gasteiger partial charge in [-0.25, -0.2) is 4.39 Å². The third kappa shape index (κ3) is 4.03. The first-order valence-electron chi connectivity index (χ1n) is 9.45. The number of rotatable bonds is 4. The van der Waals surface area contributed by atoms with Crippen LogP contribution in [0.3, 0.4) is 0 Å². The molecule has 4 rings (SSSR count). The molecular formula is C21H22FN5O2. The molecule has 0 aliphatic carbocycles. The Balaban J connectivity index is 1.63. The number of para-hydroxylation sites is 1. The number of aromatic nitrogens is 1. The summed E-state index contributed by atoms with van der Waals surface area (Å²) in [5, 5.41) is 19.3. The number of fused-ring (bicyclic) bond motifs is 1. The third-order valence-corrected chi connectivity index (χ3v) is 5.19. The van der Waals surface area contributed by atoms with Crippen molar-refractivity contribution in [1.82, 2.24) is 14.4 Å². The number of nitrogens with zero attached hydrogens (tertiary/aromatic N) is 5. The molecule has 2 aromatic carbocycles. The molecule has 1 aliphatic rings. The maximum Gasteiger partial charge on any atom is 0.295 e. The van der Waals surface area contributed by atoms with Gasteiger partial charge in [0, 0.05) is 37.1 Å². The van der Waals surface area contributed by atoms with Crippen molar-refractivity contribution in [3.63, 3.8) is 0 Å². The Morgan fingerprint density at radius 3 is 2.48 bits per heavy atom. The van der Waals surface area contributed by atoms with Crippen LogP contribution in [-0.2, 0) is 6.67 Å². The van der Waals surface area contributed by atoms with Gasteiger partial charge in [0.15, 0.2) is 5.69 Å². The van der Waals surface area contributed by atoms with Crippen LogP contribution < -0.4 is 0 Å². The Hall–Kier alpha value is -3.10. The summed E-state index contributed by atoms with van der Waals surface area (Å²) in [7, 11) is 2.09. The smallest absolute Gasteiger partial charge is 0.295 e. The molecule has 1 fully saturated rings. The van der Waals surface area contributed by atoms with Gasteiger partial charge in [0.1, 0.15) is 5.82 Å². The average molecular weight is 395 g/mol. The summed E-state index contributed by atoms with van der Waals surface area (Å²) >= 11 is 0. The SMILES string of the molecule is CN1CCN(Cn2c(O)c(N=NC(=O)c3ccc(F)cc3)c3ccccc32)CC1. The van der Waals surface area contributed by atoms with E-state index in [1.54, 1.807) is 4.57 Å². The van der Waals surface area contributed by atoms with E-state index < -0.39 is 11.7 Å². The summed E-state index contributed by atoms with van der Waals surface area (Å²) < 4.78 is 14.8. The summed E-state index contributed by atoms with van der Waals surface area (Å²) in [5.41, 5.74) is 1.31. The Bertz CT molecular complexity index is 1050. The summed E-state index contributed by atoms with van der Waals surface area (Å²) in [6.45, 7) is 4.28. The highest BCUT2D eigenvalue weighted by molar-refractivity contribution is 5.97. The zero-order valence-corrected chi connectivity index (χ0v) is 16.1. The van der Waals surface area contributed by atoms with Gasteiger partial charge in [-0.05, 0) is 37.4 Å². The Kier molecular flexibility index (Phi) is 5.37. The van der Waals surface area contributed by atoms with Crippen LogP contribution in [0.15, 0.2) is 58.8 Å². The van der Waals surface area contributed by atoms with Crippen molar-refractivity contribution in [3.8, 4) is 5.88 Å². The zero-order valence-electron chi connectivity index (χ0n) is 16.1. The van der Waals surface area contributed by atoms with E-state index in [9.17, 15) is 14.3 Å². The van der Waals surface area contributed by atoms with Gasteiger partial charge in [-0.1, -0.05) is 18.2 Å². The number of hydrogen-bond acceptors (Lipinski definition) is 5. The molecule has 1 N–H and O–H groups in total. The molecule has 0 radical (unpaired) electrons. The standard InChI is InChI=1S/C21H22FN5O2/c1-25-10-12-26(13-11-25)14-27-18-5-3-2-4-17(18)19(21(27)29)23-24-20(28)15-6-8-16(22)9-7-15/h2-9,29H,10-14H2,1H3. The number of azo groups is 1. The van der Waals surface area contributed by atoms with E-state index in [2.05, 4.69) is 27.1 Å². The van der Waals surface area contributed by atoms with Crippen molar-refractivity contribution in [2.24, 2.45) is 10.2 Å². The molecule has 0 spiro atoms. The number of aromatic hydroxyl groups is 1. The summed E-state index contributed by atoms with van der Waals surface area (Å²) in [4.78, 5) is 16.8. The largest absolute Gasteiger partial charge is 0.493 e. The Labute approximate surface area is 167 Å². The number of carbonyl (C=O) groups excluding carboxylic acids is 1. The molecule has 0 bridgehead atoms. The molecule has 1 amide bonds. The van der Waals surface area contributed by atoms with Crippen molar-refractivity contribution in [3.05, 3.63) is 59.9 Å². The fourth-order valence-electron chi connectivity index (χ4n) is 3.45. The molecule has 2 heterocycles. The van der Waals surface area contributed by atoms with Gasteiger partial charge >= 0.3 is 0 Å². The number of carbonyl (C=O) groups is 1. The number of likely N-dealkylation sites (N-methyl/N-ethyl adjacent to an activating group) is 1. The average Bonchev–Trinajstić information content (AvgIpc) is 2.99. The first-order valence-corrected chi connectivity index (χ1v) is 9.45. The second-order valence-corrected chi connectivity index (χ2v) is 7.19. The minimum absolute atomic E-state index is 0.0271. The maximum absolute atomic E-state index is 13.0. The van der Waals surface area contributed by atoms with Gasteiger partial charge in [-0.15, -0.1) is 10.2 Å². The number of hydrogen-bond donors (Lipinski definition) is 1. The van der Waals surface area contributed by atoms with Crippen LogP contribution in [0.2, 0.25) is 0 Å². The lowest BCUT2D eigenvalue weighted by molar-refractivity contribution is 0.0995. The molecule has 0 unspecified atom stereocenters. The lowest BCUT2D eigenvalue weighted by Crippen LogP contribution is -2.44. The highest BCUT2D eigenvalue weighted by Gasteiger charge is 2.20. The van der Waals surface area contributed by atoms with Crippen LogP contribution >= 0.6 is 0 Å². The first-order chi connectivity index (χ1) is 14.0. The van der Waals surface area contributed by atoms with Crippen molar-refractivity contribution in [1.29, 1.82) is 0 Å². The quantitative estimate of drug-likeness (QED) is 0.685. The molecule has 0 saturated carbocycles. The summed E-state index contributed by atoms with van der Waals surface area (Å²) in [5.74, 6) is -1.05. The fourth-order valence-corrected chi connectivity index (χ4v) is 3.45. The molecule has 1 saturated heterocycles. The topological polar surface area (TPSA) is 73.4 Å². The van der Waals surface area contributed by atoms with Gasteiger partial charge < -0.3 is 10.0 Å². The summed E-state index contributed by atoms with van der Waals surface area (Å²) in [6.07, 6.45) is 0. The van der Waals surface area contributed by atoms with E-state index in [1.165, 1.54) is 24.3 Å². The predicted molar refractivity (Wildman–Crippen MR) is 108 cm³/mol. The molecule has 8 heteroatoms. The van der Waals surface area contributed by atoms with Crippen LogP contribution in [0.25, 0.3) is 10.9 Å². The van der Waals surface area contributed by atoms with E-state index in [4.69, 9.17) is 0 Å². The molecule has 3 aromatic rings. The second-order valence-electron chi connectivity index (χ2n) is 7.19. The van der Waals surface area contributed by atoms with E-state index >= 15 is 0 Å². The predicted octanol–water partition coefficient (Wildman–Crippen LogP) is 3.62. The number of halogens is 1. The number of benzene rings is 2. The van der Waals surface area contributed by atoms with Gasteiger partial charge in [0.25, 0.3) is 5.91 Å². The number of amides is 1. The zero-order chi connectivity index (χ0) is 20.4. The van der Waals surface area contributed by atoms with Crippen LogP contribution in [0.4, 0.5) is 10.1 Å². The Morgan fingerprint density at radius 1 is 1.07 bits per heavy atom. The van der Waals surface area contributed by atoms with E-state index in [1.807, 2.05) is 24.3 Å². The lowest BCUT2D eigenvalue weighted by Gasteiger charge is -2.32. The highest BCUT2D eigenvalue weighted by atomic mass is 19.1. The third-order valence-electron chi connectivity index (χ3n) is 5.19. The van der Waals surface area contributed by atoms with E-state index in [0.29, 0.717) is 6.67 Å².